The summed E-state index contributed by atoms with van der Waals surface area (Å²) in [7, 11) is 0. The van der Waals surface area contributed by atoms with Gasteiger partial charge in [-0.2, -0.15) is 0 Å². The number of benzene rings is 2. The van der Waals surface area contributed by atoms with Crippen molar-refractivity contribution in [2.24, 2.45) is 11.8 Å². The van der Waals surface area contributed by atoms with Crippen molar-refractivity contribution >= 4 is 29.1 Å². The Labute approximate surface area is 229 Å². The van der Waals surface area contributed by atoms with E-state index < -0.39 is 0 Å². The van der Waals surface area contributed by atoms with E-state index in [9.17, 15) is 4.79 Å². The maximum absolute atomic E-state index is 13.1. The third-order valence-electron chi connectivity index (χ3n) is 7.66. The monoisotopic (exact) mass is 531 g/mol. The first-order valence-electron chi connectivity index (χ1n) is 13.4. The minimum absolute atomic E-state index is 0.0586. The van der Waals surface area contributed by atoms with Crippen LogP contribution in [0.3, 0.4) is 0 Å². The number of pyridine rings is 1. The molecule has 0 spiro atoms. The number of nitrogen functional groups attached to an aromatic ring is 1. The summed E-state index contributed by atoms with van der Waals surface area (Å²) < 4.78 is 8.18. The number of fused-ring (bicyclic) bond motifs is 1. The molecule has 38 heavy (non-hydrogen) atoms. The number of ketones is 1. The van der Waals surface area contributed by atoms with E-state index in [1.165, 1.54) is 11.1 Å². The van der Waals surface area contributed by atoms with Gasteiger partial charge in [-0.25, -0.2) is 15.1 Å². The zero-order valence-corrected chi connectivity index (χ0v) is 23.3. The molecule has 5 rings (SSSR count). The smallest absolute Gasteiger partial charge is 0.228 e. The molecule has 4 N–H and O–H groups in total. The highest BCUT2D eigenvalue weighted by atomic mass is 32.2. The zero-order chi connectivity index (χ0) is 26.8. The fraction of sp³-hybridized carbons (Fsp3) is 0.400. The van der Waals surface area contributed by atoms with Crippen molar-refractivity contribution in [3.63, 3.8) is 0 Å². The van der Waals surface area contributed by atoms with Crippen LogP contribution in [0.15, 0.2) is 53.6 Å². The predicted octanol–water partition coefficient (Wildman–Crippen LogP) is 5.38. The van der Waals surface area contributed by atoms with E-state index in [0.717, 1.165) is 53.2 Å². The average Bonchev–Trinajstić information content (AvgIpc) is 3.77. The van der Waals surface area contributed by atoms with Gasteiger partial charge < -0.3 is 15.5 Å². The number of hydrogen-bond acceptors (Lipinski definition) is 8. The molecule has 2 heterocycles. The van der Waals surface area contributed by atoms with Crippen LogP contribution < -0.4 is 21.3 Å². The molecule has 2 aliphatic rings. The van der Waals surface area contributed by atoms with Gasteiger partial charge in [0, 0.05) is 44.1 Å². The van der Waals surface area contributed by atoms with Gasteiger partial charge in [0.25, 0.3) is 0 Å². The first-order valence-corrected chi connectivity index (χ1v) is 14.2. The van der Waals surface area contributed by atoms with E-state index in [0.29, 0.717) is 36.9 Å². The summed E-state index contributed by atoms with van der Waals surface area (Å²) in [5, 5.41) is 1.66. The number of hydrogen-bond donors (Lipinski definition) is 2. The SMILES string of the molecule is CCN(N)c1ccc(C(CC(=O)C2CC2)c2ccc(C)c(CN3CCOc4ncccc4S3)c2)c(C)c1N. The van der Waals surface area contributed by atoms with E-state index in [2.05, 4.69) is 40.5 Å². The minimum Gasteiger partial charge on any atom is -0.475 e. The lowest BCUT2D eigenvalue weighted by Gasteiger charge is -2.26. The second-order valence-electron chi connectivity index (χ2n) is 10.3. The molecule has 0 saturated heterocycles. The molecule has 7 nitrogen and oxygen atoms in total. The number of nitrogens with two attached hydrogens (primary N) is 2. The van der Waals surface area contributed by atoms with Gasteiger partial charge in [-0.05, 0) is 91.6 Å². The number of carbonyl (C=O) groups excluding carboxylic acids is 1. The van der Waals surface area contributed by atoms with Crippen molar-refractivity contribution in [2.45, 2.75) is 57.4 Å². The predicted molar refractivity (Wildman–Crippen MR) is 154 cm³/mol. The minimum atomic E-state index is -0.0586. The number of ether oxygens (including phenoxy) is 1. The molecule has 1 aliphatic carbocycles. The highest BCUT2D eigenvalue weighted by Crippen LogP contribution is 2.41. The van der Waals surface area contributed by atoms with Crippen molar-refractivity contribution in [3.8, 4) is 5.88 Å². The molecule has 1 atom stereocenters. The van der Waals surface area contributed by atoms with Gasteiger partial charge in [-0.1, -0.05) is 24.3 Å². The lowest BCUT2D eigenvalue weighted by molar-refractivity contribution is -0.120. The Morgan fingerprint density at radius 2 is 2.05 bits per heavy atom. The number of hydrazine groups is 1. The molecule has 1 fully saturated rings. The molecule has 1 unspecified atom stereocenters. The van der Waals surface area contributed by atoms with E-state index in [4.69, 9.17) is 16.3 Å². The highest BCUT2D eigenvalue weighted by Gasteiger charge is 2.33. The molecule has 200 valence electrons. The van der Waals surface area contributed by atoms with Gasteiger partial charge >= 0.3 is 0 Å². The molecule has 0 bridgehead atoms. The molecule has 3 aromatic rings. The first-order chi connectivity index (χ1) is 18.4. The summed E-state index contributed by atoms with van der Waals surface area (Å²) in [5.41, 5.74) is 13.8. The van der Waals surface area contributed by atoms with Crippen LogP contribution in [0.5, 0.6) is 5.88 Å². The number of nitrogens with zero attached hydrogens (tertiary/aromatic N) is 3. The van der Waals surface area contributed by atoms with Crippen LogP contribution in [0.2, 0.25) is 0 Å². The molecular weight excluding hydrogens is 494 g/mol. The number of anilines is 2. The Morgan fingerprint density at radius 3 is 2.82 bits per heavy atom. The standard InChI is InChI=1S/C30H37N5O2S/c1-4-35(32)26-12-11-24(20(3)29(26)31)25(17-27(36)21-9-10-21)22-8-7-19(2)23(16-22)18-34-14-15-37-30-28(38-34)6-5-13-33-30/h5-8,11-13,16,21,25H,4,9-10,14-15,17-18,31-32H2,1-3H3. The molecule has 1 aliphatic heterocycles. The third-order valence-corrected chi connectivity index (χ3v) is 8.74. The number of aromatic nitrogens is 1. The van der Waals surface area contributed by atoms with Crippen LogP contribution >= 0.6 is 11.9 Å². The van der Waals surface area contributed by atoms with Crippen LogP contribution in [0, 0.1) is 19.8 Å². The van der Waals surface area contributed by atoms with Gasteiger partial charge in [0.05, 0.1) is 16.3 Å². The normalized spacial score (nSPS) is 16.3. The summed E-state index contributed by atoms with van der Waals surface area (Å²) in [6.07, 6.45) is 4.26. The Bertz CT molecular complexity index is 1330. The Kier molecular flexibility index (Phi) is 7.93. The third kappa shape index (κ3) is 5.67. The van der Waals surface area contributed by atoms with Crippen molar-refractivity contribution in [1.29, 1.82) is 0 Å². The molecule has 0 radical (unpaired) electrons. The Balaban J connectivity index is 1.47. The molecule has 1 saturated carbocycles. The molecular formula is C30H37N5O2S. The van der Waals surface area contributed by atoms with Gasteiger partial charge in [-0.3, -0.25) is 4.79 Å². The fourth-order valence-corrected chi connectivity index (χ4v) is 6.05. The van der Waals surface area contributed by atoms with Gasteiger partial charge in [0.1, 0.15) is 12.4 Å². The summed E-state index contributed by atoms with van der Waals surface area (Å²) in [6, 6.07) is 14.7. The maximum atomic E-state index is 13.1. The van der Waals surface area contributed by atoms with E-state index in [1.54, 1.807) is 23.2 Å². The largest absolute Gasteiger partial charge is 0.475 e. The maximum Gasteiger partial charge on any atom is 0.228 e. The molecule has 8 heteroatoms. The topological polar surface area (TPSA) is 97.7 Å². The highest BCUT2D eigenvalue weighted by molar-refractivity contribution is 7.97. The summed E-state index contributed by atoms with van der Waals surface area (Å²) in [4.78, 5) is 18.5. The number of aryl methyl sites for hydroxylation is 1. The van der Waals surface area contributed by atoms with Crippen molar-refractivity contribution in [3.05, 3.63) is 76.5 Å². The zero-order valence-electron chi connectivity index (χ0n) is 22.4. The number of rotatable bonds is 9. The summed E-state index contributed by atoms with van der Waals surface area (Å²) in [5.74, 6) is 7.37. The van der Waals surface area contributed by atoms with Crippen molar-refractivity contribution in [1.82, 2.24) is 9.29 Å². The van der Waals surface area contributed by atoms with Crippen LogP contribution in [0.1, 0.15) is 59.9 Å². The lowest BCUT2D eigenvalue weighted by atomic mass is 9.82. The fourth-order valence-electron chi connectivity index (χ4n) is 5.07. The van der Waals surface area contributed by atoms with Crippen molar-refractivity contribution in [2.75, 3.05) is 30.4 Å². The van der Waals surface area contributed by atoms with Crippen LogP contribution in [-0.4, -0.2) is 34.8 Å². The molecule has 1 aromatic heterocycles. The second-order valence-corrected chi connectivity index (χ2v) is 11.4. The number of carbonyl (C=O) groups is 1. The first kappa shape index (κ1) is 26.5. The van der Waals surface area contributed by atoms with E-state index in [1.807, 2.05) is 32.0 Å². The van der Waals surface area contributed by atoms with Crippen LogP contribution in [-0.2, 0) is 11.3 Å². The summed E-state index contributed by atoms with van der Waals surface area (Å²) >= 11 is 1.68. The second kappa shape index (κ2) is 11.4. The van der Waals surface area contributed by atoms with Gasteiger partial charge in [0.2, 0.25) is 5.88 Å². The quantitative estimate of drug-likeness (QED) is 0.164. The number of Topliss-reactive ketones (excluding diaryl/α,β-unsaturated/α-hetero) is 1. The van der Waals surface area contributed by atoms with Crippen LogP contribution in [0.4, 0.5) is 11.4 Å². The van der Waals surface area contributed by atoms with Gasteiger partial charge in [0.15, 0.2) is 0 Å². The lowest BCUT2D eigenvalue weighted by Crippen LogP contribution is -2.31. The Morgan fingerprint density at radius 1 is 1.24 bits per heavy atom. The van der Waals surface area contributed by atoms with Crippen molar-refractivity contribution < 1.29 is 9.53 Å². The average molecular weight is 532 g/mol. The van der Waals surface area contributed by atoms with E-state index in [-0.39, 0.29) is 11.8 Å². The Hall–Kier alpha value is -3.07. The molecule has 2 aromatic carbocycles. The molecule has 0 amide bonds. The van der Waals surface area contributed by atoms with Gasteiger partial charge in [-0.15, -0.1) is 0 Å². The summed E-state index contributed by atoms with van der Waals surface area (Å²) in [6.45, 7) is 9.00. The van der Waals surface area contributed by atoms with E-state index >= 15 is 0 Å². The van der Waals surface area contributed by atoms with Crippen LogP contribution in [0.25, 0.3) is 0 Å².